The molecule has 0 saturated heterocycles. The van der Waals surface area contributed by atoms with Crippen LogP contribution in [-0.4, -0.2) is 18.9 Å². The van der Waals surface area contributed by atoms with Crippen molar-refractivity contribution in [1.82, 2.24) is 0 Å². The van der Waals surface area contributed by atoms with Crippen LogP contribution in [0.5, 0.6) is 5.75 Å². The summed E-state index contributed by atoms with van der Waals surface area (Å²) >= 11 is 0. The zero-order valence-corrected chi connectivity index (χ0v) is 17.8. The van der Waals surface area contributed by atoms with E-state index in [1.807, 2.05) is 32.0 Å². The Bertz CT molecular complexity index is 1320. The first-order valence-corrected chi connectivity index (χ1v) is 9.91. The number of hydrogen-bond donors (Lipinski definition) is 2. The van der Waals surface area contributed by atoms with E-state index in [2.05, 4.69) is 10.6 Å². The van der Waals surface area contributed by atoms with Gasteiger partial charge in [-0.05, 0) is 62.4 Å². The van der Waals surface area contributed by atoms with Gasteiger partial charge in [-0.25, -0.2) is 4.39 Å². The second-order valence-electron chi connectivity index (χ2n) is 7.47. The Hall–Kier alpha value is -4.13. The molecule has 1 heterocycles. The second-order valence-corrected chi connectivity index (χ2v) is 7.47. The summed E-state index contributed by atoms with van der Waals surface area (Å²) in [6, 6.07) is 16.2. The van der Waals surface area contributed by atoms with Gasteiger partial charge in [-0.3, -0.25) is 9.59 Å². The Balaban J connectivity index is 1.62. The fourth-order valence-corrected chi connectivity index (χ4v) is 3.57. The maximum Gasteiger partial charge on any atom is 0.295 e. The highest BCUT2D eigenvalue weighted by Gasteiger charge is 2.22. The van der Waals surface area contributed by atoms with Crippen molar-refractivity contribution in [3.05, 3.63) is 88.9 Å². The lowest BCUT2D eigenvalue weighted by atomic mass is 10.1. The zero-order valence-electron chi connectivity index (χ0n) is 17.8. The number of nitrogens with one attached hydrogen (secondary N) is 2. The van der Waals surface area contributed by atoms with E-state index < -0.39 is 11.7 Å². The lowest BCUT2D eigenvalue weighted by molar-refractivity contribution is 0.0992. The topological polar surface area (TPSA) is 80.6 Å². The highest BCUT2D eigenvalue weighted by Crippen LogP contribution is 2.35. The minimum atomic E-state index is -0.579. The average Bonchev–Trinajstić information content (AvgIpc) is 3.11. The number of carbonyl (C=O) groups is 2. The number of furan rings is 1. The minimum Gasteiger partial charge on any atom is -0.492 e. The van der Waals surface area contributed by atoms with Gasteiger partial charge in [0.25, 0.3) is 11.8 Å². The first-order valence-electron chi connectivity index (χ1n) is 9.91. The number of benzene rings is 3. The molecule has 1 aromatic heterocycles. The molecule has 6 nitrogen and oxygen atoms in total. The molecule has 32 heavy (non-hydrogen) atoms. The second kappa shape index (κ2) is 8.55. The summed E-state index contributed by atoms with van der Waals surface area (Å²) in [5.41, 5.74) is 3.77. The maximum absolute atomic E-state index is 13.4. The first-order chi connectivity index (χ1) is 15.3. The van der Waals surface area contributed by atoms with Crippen molar-refractivity contribution in [3.63, 3.8) is 0 Å². The number of ether oxygens (including phenoxy) is 1. The Morgan fingerprint density at radius 3 is 2.25 bits per heavy atom. The van der Waals surface area contributed by atoms with E-state index in [0.717, 1.165) is 11.1 Å². The van der Waals surface area contributed by atoms with Crippen LogP contribution >= 0.6 is 0 Å². The van der Waals surface area contributed by atoms with Gasteiger partial charge in [0, 0.05) is 16.9 Å². The molecule has 0 aliphatic heterocycles. The summed E-state index contributed by atoms with van der Waals surface area (Å²) in [6.45, 7) is 3.87. The summed E-state index contributed by atoms with van der Waals surface area (Å²) in [5, 5.41) is 5.98. The molecule has 0 atom stereocenters. The van der Waals surface area contributed by atoms with Crippen LogP contribution in [0.15, 0.2) is 65.1 Å². The molecule has 0 fully saturated rings. The molecule has 3 aromatic carbocycles. The van der Waals surface area contributed by atoms with Crippen molar-refractivity contribution in [2.24, 2.45) is 0 Å². The fraction of sp³-hybridized carbons (Fsp3) is 0.120. The molecule has 4 rings (SSSR count). The summed E-state index contributed by atoms with van der Waals surface area (Å²) in [5.74, 6) is -1.13. The Kier molecular flexibility index (Phi) is 5.64. The van der Waals surface area contributed by atoms with Crippen molar-refractivity contribution >= 4 is 34.2 Å². The fourth-order valence-electron chi connectivity index (χ4n) is 3.57. The van der Waals surface area contributed by atoms with E-state index in [9.17, 15) is 14.0 Å². The van der Waals surface area contributed by atoms with Crippen LogP contribution in [-0.2, 0) is 0 Å². The number of carbonyl (C=O) groups excluding carboxylic acids is 2. The number of halogens is 1. The van der Waals surface area contributed by atoms with Gasteiger partial charge >= 0.3 is 0 Å². The predicted molar refractivity (Wildman–Crippen MR) is 121 cm³/mol. The molecule has 0 aliphatic rings. The molecule has 0 aliphatic carbocycles. The monoisotopic (exact) mass is 432 g/mol. The number of rotatable bonds is 5. The number of hydrogen-bond acceptors (Lipinski definition) is 4. The lowest BCUT2D eigenvalue weighted by Gasteiger charge is -2.08. The van der Waals surface area contributed by atoms with Gasteiger partial charge in [0.05, 0.1) is 12.5 Å². The van der Waals surface area contributed by atoms with Crippen molar-refractivity contribution in [3.8, 4) is 5.75 Å². The molecule has 0 spiro atoms. The third kappa shape index (κ3) is 4.32. The number of fused-ring (bicyclic) bond motifs is 1. The van der Waals surface area contributed by atoms with Crippen LogP contribution < -0.4 is 15.4 Å². The molecule has 2 N–H and O–H groups in total. The minimum absolute atomic E-state index is 0.0513. The summed E-state index contributed by atoms with van der Waals surface area (Å²) in [7, 11) is 1.42. The van der Waals surface area contributed by atoms with Crippen LogP contribution in [0.25, 0.3) is 11.0 Å². The molecule has 7 heteroatoms. The van der Waals surface area contributed by atoms with Crippen molar-refractivity contribution in [2.45, 2.75) is 13.8 Å². The predicted octanol–water partition coefficient (Wildman–Crippen LogP) is 5.70. The van der Waals surface area contributed by atoms with Gasteiger partial charge in [0.1, 0.15) is 11.4 Å². The van der Waals surface area contributed by atoms with Gasteiger partial charge in [0.2, 0.25) is 5.76 Å². The van der Waals surface area contributed by atoms with E-state index in [1.54, 1.807) is 24.3 Å². The maximum atomic E-state index is 13.4. The van der Waals surface area contributed by atoms with Crippen LogP contribution in [0.1, 0.15) is 32.0 Å². The zero-order chi connectivity index (χ0) is 22.8. The van der Waals surface area contributed by atoms with Gasteiger partial charge in [-0.2, -0.15) is 0 Å². The van der Waals surface area contributed by atoms with Crippen LogP contribution in [0.3, 0.4) is 0 Å². The van der Waals surface area contributed by atoms with Gasteiger partial charge in [-0.1, -0.05) is 23.3 Å². The Morgan fingerprint density at radius 2 is 1.56 bits per heavy atom. The van der Waals surface area contributed by atoms with E-state index in [1.165, 1.54) is 25.3 Å². The van der Waals surface area contributed by atoms with Crippen LogP contribution in [0, 0.1) is 19.7 Å². The van der Waals surface area contributed by atoms with Gasteiger partial charge in [0.15, 0.2) is 5.75 Å². The molecule has 0 unspecified atom stereocenters. The highest BCUT2D eigenvalue weighted by atomic mass is 19.1. The van der Waals surface area contributed by atoms with E-state index in [4.69, 9.17) is 9.15 Å². The first kappa shape index (κ1) is 21.1. The largest absolute Gasteiger partial charge is 0.492 e. The summed E-state index contributed by atoms with van der Waals surface area (Å²) < 4.78 is 24.5. The lowest BCUT2D eigenvalue weighted by Crippen LogP contribution is -2.12. The van der Waals surface area contributed by atoms with E-state index in [-0.39, 0.29) is 17.4 Å². The van der Waals surface area contributed by atoms with Crippen molar-refractivity contribution < 1.29 is 23.1 Å². The SMILES string of the molecule is COc1c(C(=O)Nc2cccc(F)c2)oc2ccc(NC(=O)c3cc(C)cc(C)c3)cc12. The number of methoxy groups -OCH3 is 1. The highest BCUT2D eigenvalue weighted by molar-refractivity contribution is 6.09. The van der Waals surface area contributed by atoms with Gasteiger partial charge < -0.3 is 19.8 Å². The van der Waals surface area contributed by atoms with Crippen LogP contribution in [0.2, 0.25) is 0 Å². The molecule has 0 bridgehead atoms. The number of amides is 2. The third-order valence-electron chi connectivity index (χ3n) is 4.88. The Labute approximate surface area is 184 Å². The summed E-state index contributed by atoms with van der Waals surface area (Å²) in [6.07, 6.45) is 0. The molecule has 2 amide bonds. The van der Waals surface area contributed by atoms with Gasteiger partial charge in [-0.15, -0.1) is 0 Å². The van der Waals surface area contributed by atoms with Crippen LogP contribution in [0.4, 0.5) is 15.8 Å². The normalized spacial score (nSPS) is 10.8. The molecule has 4 aromatic rings. The number of aryl methyl sites for hydroxylation is 2. The quantitative estimate of drug-likeness (QED) is 0.424. The van der Waals surface area contributed by atoms with Crippen molar-refractivity contribution in [2.75, 3.05) is 17.7 Å². The van der Waals surface area contributed by atoms with E-state index in [0.29, 0.717) is 27.9 Å². The molecule has 0 radical (unpaired) electrons. The molecular formula is C25H21FN2O4. The van der Waals surface area contributed by atoms with Crippen molar-refractivity contribution in [1.29, 1.82) is 0 Å². The van der Waals surface area contributed by atoms with E-state index >= 15 is 0 Å². The smallest absolute Gasteiger partial charge is 0.295 e. The standard InChI is InChI=1S/C25H21FN2O4/c1-14-9-15(2)11-16(10-14)24(29)27-19-7-8-21-20(13-19)22(31-3)23(32-21)25(30)28-18-6-4-5-17(26)12-18/h4-13H,1-3H3,(H,27,29)(H,28,30). The summed E-state index contributed by atoms with van der Waals surface area (Å²) in [4.78, 5) is 25.4. The average molecular weight is 432 g/mol. The Morgan fingerprint density at radius 1 is 0.875 bits per heavy atom. The molecule has 0 saturated carbocycles. The number of anilines is 2. The third-order valence-corrected chi connectivity index (χ3v) is 4.88. The molecular weight excluding hydrogens is 411 g/mol. The molecule has 162 valence electrons.